The van der Waals surface area contributed by atoms with Crippen molar-refractivity contribution in [3.05, 3.63) is 35.9 Å². The van der Waals surface area contributed by atoms with Crippen LogP contribution in [-0.2, 0) is 9.53 Å². The molecule has 0 bridgehead atoms. The number of carbonyl (C=O) groups is 2. The molecule has 92 valence electrons. The SMILES string of the molecule is CC(=O)OC(C)C(Br)(Br)C(=O)c1ccccc1. The zero-order valence-electron chi connectivity index (χ0n) is 9.44. The molecule has 0 amide bonds. The third-order valence-electron chi connectivity index (χ3n) is 2.19. The summed E-state index contributed by atoms with van der Waals surface area (Å²) in [6.45, 7) is 2.95. The Balaban J connectivity index is 2.90. The molecule has 1 atom stereocenters. The van der Waals surface area contributed by atoms with Crippen LogP contribution >= 0.6 is 31.9 Å². The van der Waals surface area contributed by atoms with Gasteiger partial charge in [0.15, 0.2) is 9.02 Å². The van der Waals surface area contributed by atoms with Gasteiger partial charge in [-0.15, -0.1) is 0 Å². The van der Waals surface area contributed by atoms with Crippen molar-refractivity contribution in [1.29, 1.82) is 0 Å². The fourth-order valence-electron chi connectivity index (χ4n) is 1.29. The zero-order valence-corrected chi connectivity index (χ0v) is 12.6. The molecule has 5 heteroatoms. The summed E-state index contributed by atoms with van der Waals surface area (Å²) in [6.07, 6.45) is -0.618. The van der Waals surface area contributed by atoms with Gasteiger partial charge in [0.1, 0.15) is 6.10 Å². The molecule has 0 aliphatic carbocycles. The molecule has 0 fully saturated rings. The first-order chi connectivity index (χ1) is 7.85. The summed E-state index contributed by atoms with van der Waals surface area (Å²) in [5.41, 5.74) is 0.542. The molecule has 0 aromatic heterocycles. The standard InChI is InChI=1S/C12H12Br2O3/c1-8(17-9(2)15)12(13,14)11(16)10-6-4-3-5-7-10/h3-8H,1-2H3. The van der Waals surface area contributed by atoms with E-state index in [1.54, 1.807) is 31.2 Å². The van der Waals surface area contributed by atoms with E-state index in [-0.39, 0.29) is 5.78 Å². The van der Waals surface area contributed by atoms with Crippen LogP contribution in [0.1, 0.15) is 24.2 Å². The maximum absolute atomic E-state index is 12.2. The lowest BCUT2D eigenvalue weighted by Crippen LogP contribution is -2.39. The topological polar surface area (TPSA) is 43.4 Å². The molecule has 0 heterocycles. The Hall–Kier alpha value is -0.680. The number of ether oxygens (including phenoxy) is 1. The minimum atomic E-state index is -1.10. The second-order valence-electron chi connectivity index (χ2n) is 3.57. The first kappa shape index (κ1) is 14.4. The second-order valence-corrected chi connectivity index (χ2v) is 7.14. The fraction of sp³-hybridized carbons (Fsp3) is 0.333. The molecular weight excluding hydrogens is 352 g/mol. The van der Waals surface area contributed by atoms with E-state index in [0.29, 0.717) is 5.56 Å². The lowest BCUT2D eigenvalue weighted by molar-refractivity contribution is -0.145. The third-order valence-corrected chi connectivity index (χ3v) is 4.20. The van der Waals surface area contributed by atoms with Crippen LogP contribution in [0.4, 0.5) is 0 Å². The van der Waals surface area contributed by atoms with Gasteiger partial charge in [0.05, 0.1) is 0 Å². The molecule has 0 saturated heterocycles. The van der Waals surface area contributed by atoms with Gasteiger partial charge >= 0.3 is 5.97 Å². The van der Waals surface area contributed by atoms with Crippen molar-refractivity contribution < 1.29 is 14.3 Å². The van der Waals surface area contributed by atoms with Gasteiger partial charge in [0.2, 0.25) is 0 Å². The first-order valence-corrected chi connectivity index (χ1v) is 6.59. The van der Waals surface area contributed by atoms with Crippen LogP contribution in [0.3, 0.4) is 0 Å². The van der Waals surface area contributed by atoms with Crippen LogP contribution in [0.25, 0.3) is 0 Å². The van der Waals surface area contributed by atoms with E-state index >= 15 is 0 Å². The van der Waals surface area contributed by atoms with Crippen molar-refractivity contribution in [3.63, 3.8) is 0 Å². The Morgan fingerprint density at radius 2 is 1.76 bits per heavy atom. The van der Waals surface area contributed by atoms with Crippen LogP contribution in [0.15, 0.2) is 30.3 Å². The second kappa shape index (κ2) is 5.78. The van der Waals surface area contributed by atoms with Crippen molar-refractivity contribution in [3.8, 4) is 0 Å². The highest BCUT2D eigenvalue weighted by molar-refractivity contribution is 9.26. The third kappa shape index (κ3) is 3.64. The molecule has 1 aromatic carbocycles. The summed E-state index contributed by atoms with van der Waals surface area (Å²) < 4.78 is 3.90. The Labute approximate surface area is 117 Å². The molecule has 0 N–H and O–H groups in total. The number of rotatable bonds is 4. The summed E-state index contributed by atoms with van der Waals surface area (Å²) >= 11 is 6.54. The number of Topliss-reactive ketones (excluding diaryl/α,β-unsaturated/α-hetero) is 1. The average molecular weight is 364 g/mol. The average Bonchev–Trinajstić information content (AvgIpc) is 2.28. The van der Waals surface area contributed by atoms with Crippen LogP contribution < -0.4 is 0 Å². The largest absolute Gasteiger partial charge is 0.460 e. The van der Waals surface area contributed by atoms with E-state index in [1.807, 2.05) is 6.07 Å². The predicted octanol–water partition coefficient (Wildman–Crippen LogP) is 3.31. The molecule has 0 aliphatic heterocycles. The normalized spacial score (nSPS) is 12.9. The zero-order chi connectivity index (χ0) is 13.1. The van der Waals surface area contributed by atoms with Crippen LogP contribution in [0.2, 0.25) is 0 Å². The quantitative estimate of drug-likeness (QED) is 0.468. The summed E-state index contributed by atoms with van der Waals surface area (Å²) in [5, 5.41) is 0. The minimum absolute atomic E-state index is 0.188. The minimum Gasteiger partial charge on any atom is -0.460 e. The van der Waals surface area contributed by atoms with Gasteiger partial charge in [-0.05, 0) is 6.92 Å². The number of carbonyl (C=O) groups excluding carboxylic acids is 2. The van der Waals surface area contributed by atoms with Crippen LogP contribution in [0.5, 0.6) is 0 Å². The lowest BCUT2D eigenvalue weighted by Gasteiger charge is -2.25. The maximum Gasteiger partial charge on any atom is 0.302 e. The number of alkyl halides is 2. The van der Waals surface area contributed by atoms with E-state index in [0.717, 1.165) is 0 Å². The molecule has 3 nitrogen and oxygen atoms in total. The lowest BCUT2D eigenvalue weighted by atomic mass is 10.1. The Morgan fingerprint density at radius 3 is 2.24 bits per heavy atom. The van der Waals surface area contributed by atoms with Crippen molar-refractivity contribution in [2.24, 2.45) is 0 Å². The fourth-order valence-corrected chi connectivity index (χ4v) is 1.93. The molecule has 1 rings (SSSR count). The van der Waals surface area contributed by atoms with Gasteiger partial charge in [-0.2, -0.15) is 0 Å². The van der Waals surface area contributed by atoms with E-state index in [9.17, 15) is 9.59 Å². The van der Waals surface area contributed by atoms with Gasteiger partial charge < -0.3 is 4.74 Å². The maximum atomic E-state index is 12.2. The first-order valence-electron chi connectivity index (χ1n) is 5.00. The molecule has 0 aliphatic rings. The highest BCUT2D eigenvalue weighted by atomic mass is 79.9. The number of benzene rings is 1. The van der Waals surface area contributed by atoms with Gasteiger partial charge in [-0.25, -0.2) is 0 Å². The van der Waals surface area contributed by atoms with E-state index in [4.69, 9.17) is 4.74 Å². The van der Waals surface area contributed by atoms with E-state index in [1.165, 1.54) is 6.92 Å². The number of ketones is 1. The highest BCUT2D eigenvalue weighted by Gasteiger charge is 2.41. The molecule has 1 unspecified atom stereocenters. The molecule has 0 spiro atoms. The molecular formula is C12H12Br2O3. The van der Waals surface area contributed by atoms with E-state index < -0.39 is 15.3 Å². The Bertz CT molecular complexity index is 415. The predicted molar refractivity (Wildman–Crippen MR) is 72.6 cm³/mol. The monoisotopic (exact) mass is 362 g/mol. The Morgan fingerprint density at radius 1 is 1.24 bits per heavy atom. The number of hydrogen-bond donors (Lipinski definition) is 0. The summed E-state index contributed by atoms with van der Waals surface area (Å²) in [4.78, 5) is 23.1. The van der Waals surface area contributed by atoms with E-state index in [2.05, 4.69) is 31.9 Å². The molecule has 17 heavy (non-hydrogen) atoms. The summed E-state index contributed by atoms with van der Waals surface area (Å²) in [7, 11) is 0. The molecule has 0 saturated carbocycles. The Kier molecular flexibility index (Phi) is 4.89. The van der Waals surface area contributed by atoms with Crippen molar-refractivity contribution in [2.75, 3.05) is 0 Å². The molecule has 0 radical (unpaired) electrons. The van der Waals surface area contributed by atoms with Crippen molar-refractivity contribution in [2.45, 2.75) is 23.2 Å². The van der Waals surface area contributed by atoms with Crippen molar-refractivity contribution >= 4 is 43.6 Å². The van der Waals surface area contributed by atoms with Gasteiger partial charge in [0, 0.05) is 12.5 Å². The van der Waals surface area contributed by atoms with Gasteiger partial charge in [-0.1, -0.05) is 62.2 Å². The van der Waals surface area contributed by atoms with Gasteiger partial charge in [-0.3, -0.25) is 9.59 Å². The van der Waals surface area contributed by atoms with Crippen molar-refractivity contribution in [1.82, 2.24) is 0 Å². The van der Waals surface area contributed by atoms with Gasteiger partial charge in [0.25, 0.3) is 0 Å². The summed E-state index contributed by atoms with van der Waals surface area (Å²) in [5.74, 6) is -0.617. The smallest absolute Gasteiger partial charge is 0.302 e. The number of hydrogen-bond acceptors (Lipinski definition) is 3. The number of halogens is 2. The molecule has 1 aromatic rings. The number of esters is 1. The van der Waals surface area contributed by atoms with Crippen LogP contribution in [0, 0.1) is 0 Å². The van der Waals surface area contributed by atoms with Crippen LogP contribution in [-0.4, -0.2) is 21.1 Å². The summed E-state index contributed by atoms with van der Waals surface area (Å²) in [6, 6.07) is 8.80. The highest BCUT2D eigenvalue weighted by Crippen LogP contribution is 2.35.